The molecule has 2 N–H and O–H groups in total. The van der Waals surface area contributed by atoms with Crippen LogP contribution in [0.2, 0.25) is 10.0 Å². The van der Waals surface area contributed by atoms with Crippen LogP contribution in [0.15, 0.2) is 52.0 Å². The van der Waals surface area contributed by atoms with Gasteiger partial charge >= 0.3 is 0 Å². The summed E-state index contributed by atoms with van der Waals surface area (Å²) in [6, 6.07) is 10.8. The number of anilines is 2. The van der Waals surface area contributed by atoms with Gasteiger partial charge in [-0.1, -0.05) is 23.2 Å². The molecule has 0 spiro atoms. The number of halogens is 2. The predicted molar refractivity (Wildman–Crippen MR) is 124 cm³/mol. The predicted octanol–water partition coefficient (Wildman–Crippen LogP) is 6.21. The number of hydrogen-bond donors (Lipinski definition) is 2. The van der Waals surface area contributed by atoms with E-state index in [4.69, 9.17) is 27.6 Å². The number of carbonyl (C=O) groups is 1. The van der Waals surface area contributed by atoms with Crippen molar-refractivity contribution in [2.24, 2.45) is 5.10 Å². The van der Waals surface area contributed by atoms with Gasteiger partial charge in [0.25, 0.3) is 11.6 Å². The molecular formula is C22H18Cl2N4O4. The fourth-order valence-electron chi connectivity index (χ4n) is 3.55. The highest BCUT2D eigenvalue weighted by atomic mass is 35.5. The molecule has 0 saturated heterocycles. The second kappa shape index (κ2) is 9.02. The maximum Gasteiger partial charge on any atom is 0.291 e. The lowest BCUT2D eigenvalue weighted by molar-refractivity contribution is -0.384. The van der Waals surface area contributed by atoms with Crippen LogP contribution in [0.4, 0.5) is 17.1 Å². The Balaban J connectivity index is 1.56. The first-order valence-electron chi connectivity index (χ1n) is 9.79. The normalized spacial score (nSPS) is 14.2. The number of non-ortho nitro benzene ring substituents is 1. The van der Waals surface area contributed by atoms with Crippen LogP contribution in [-0.2, 0) is 6.42 Å². The number of fused-ring (bicyclic) bond motifs is 1. The topological polar surface area (TPSA) is 110 Å². The van der Waals surface area contributed by atoms with E-state index in [1.165, 1.54) is 12.1 Å². The van der Waals surface area contributed by atoms with Crippen molar-refractivity contribution in [2.45, 2.75) is 26.2 Å². The highest BCUT2D eigenvalue weighted by molar-refractivity contribution is 6.42. The van der Waals surface area contributed by atoms with E-state index >= 15 is 0 Å². The summed E-state index contributed by atoms with van der Waals surface area (Å²) in [6.45, 7) is 1.82. The molecule has 0 fully saturated rings. The van der Waals surface area contributed by atoms with Crippen molar-refractivity contribution in [1.82, 2.24) is 0 Å². The Morgan fingerprint density at radius 1 is 1.09 bits per heavy atom. The van der Waals surface area contributed by atoms with Gasteiger partial charge in [-0.2, -0.15) is 5.10 Å². The van der Waals surface area contributed by atoms with E-state index in [1.807, 2.05) is 6.92 Å². The van der Waals surface area contributed by atoms with E-state index in [-0.39, 0.29) is 11.4 Å². The van der Waals surface area contributed by atoms with Gasteiger partial charge in [-0.05, 0) is 50.1 Å². The first-order valence-corrected chi connectivity index (χ1v) is 10.5. The number of nitrogens with zero attached hydrogens (tertiary/aromatic N) is 2. The molecule has 1 heterocycles. The summed E-state index contributed by atoms with van der Waals surface area (Å²) < 4.78 is 5.89. The maximum absolute atomic E-state index is 12.8. The molecule has 1 aliphatic rings. The van der Waals surface area contributed by atoms with Crippen molar-refractivity contribution >= 4 is 51.9 Å². The van der Waals surface area contributed by atoms with Crippen LogP contribution >= 0.6 is 23.2 Å². The van der Waals surface area contributed by atoms with Crippen LogP contribution < -0.4 is 10.7 Å². The SMILES string of the molecule is Cc1c(C(=O)Nc2ccc(Cl)c(Cl)c2)oc2c1/C(=N/Nc1ccc([N+](=O)[O-])cc1)CCC2. The quantitative estimate of drug-likeness (QED) is 0.338. The van der Waals surface area contributed by atoms with Gasteiger partial charge in [-0.15, -0.1) is 0 Å². The highest BCUT2D eigenvalue weighted by Crippen LogP contribution is 2.31. The molecule has 0 atom stereocenters. The van der Waals surface area contributed by atoms with Crippen molar-refractivity contribution in [3.63, 3.8) is 0 Å². The average molecular weight is 473 g/mol. The first-order chi connectivity index (χ1) is 15.3. The molecule has 0 aliphatic heterocycles. The van der Waals surface area contributed by atoms with Crippen LogP contribution in [0, 0.1) is 17.0 Å². The lowest BCUT2D eigenvalue weighted by Gasteiger charge is -2.13. The zero-order chi connectivity index (χ0) is 22.8. The van der Waals surface area contributed by atoms with E-state index in [2.05, 4.69) is 15.8 Å². The molecule has 0 saturated carbocycles. The Bertz CT molecular complexity index is 1240. The monoisotopic (exact) mass is 472 g/mol. The number of aryl methyl sites for hydroxylation is 1. The van der Waals surface area contributed by atoms with E-state index < -0.39 is 10.8 Å². The molecule has 1 amide bonds. The number of nitrogens with one attached hydrogen (secondary N) is 2. The van der Waals surface area contributed by atoms with E-state index in [9.17, 15) is 14.9 Å². The van der Waals surface area contributed by atoms with Crippen molar-refractivity contribution in [2.75, 3.05) is 10.7 Å². The standard InChI is InChI=1S/C22H18Cl2N4O4/c1-12-20-18(27-26-13-5-8-15(9-6-13)28(30)31)3-2-4-19(20)32-21(12)22(29)25-14-7-10-16(23)17(24)11-14/h5-11,26H,2-4H2,1H3,(H,25,29)/b27-18+. The third-order valence-corrected chi connectivity index (χ3v) is 5.85. The summed E-state index contributed by atoms with van der Waals surface area (Å²) in [5, 5.41) is 18.8. The Kier molecular flexibility index (Phi) is 6.16. The fourth-order valence-corrected chi connectivity index (χ4v) is 3.85. The number of nitro benzene ring substituents is 1. The van der Waals surface area contributed by atoms with Gasteiger partial charge in [-0.25, -0.2) is 0 Å². The summed E-state index contributed by atoms with van der Waals surface area (Å²) >= 11 is 12.0. The molecule has 2 aromatic carbocycles. The molecular weight excluding hydrogens is 455 g/mol. The number of hydrogen-bond acceptors (Lipinski definition) is 6. The molecule has 8 nitrogen and oxygen atoms in total. The van der Waals surface area contributed by atoms with Crippen molar-refractivity contribution in [1.29, 1.82) is 0 Å². The molecule has 1 aromatic heterocycles. The molecule has 0 bridgehead atoms. The third kappa shape index (κ3) is 4.46. The minimum Gasteiger partial charge on any atom is -0.455 e. The van der Waals surface area contributed by atoms with Crippen LogP contribution in [0.1, 0.15) is 40.3 Å². The average Bonchev–Trinajstić information content (AvgIpc) is 3.12. The van der Waals surface area contributed by atoms with Crippen molar-refractivity contribution < 1.29 is 14.1 Å². The smallest absolute Gasteiger partial charge is 0.291 e. The molecule has 4 rings (SSSR count). The Labute approximate surface area is 193 Å². The minimum atomic E-state index is -0.456. The van der Waals surface area contributed by atoms with E-state index in [1.54, 1.807) is 30.3 Å². The number of amides is 1. The van der Waals surface area contributed by atoms with E-state index in [0.29, 0.717) is 45.6 Å². The zero-order valence-corrected chi connectivity index (χ0v) is 18.5. The van der Waals surface area contributed by atoms with Crippen LogP contribution in [-0.4, -0.2) is 16.5 Å². The zero-order valence-electron chi connectivity index (χ0n) is 16.9. The first kappa shape index (κ1) is 21.9. The maximum atomic E-state index is 12.8. The molecule has 0 unspecified atom stereocenters. The fraction of sp³-hybridized carbons (Fsp3) is 0.182. The number of hydrazone groups is 1. The lowest BCUT2D eigenvalue weighted by Crippen LogP contribution is -2.14. The van der Waals surface area contributed by atoms with E-state index in [0.717, 1.165) is 17.7 Å². The molecule has 3 aromatic rings. The Morgan fingerprint density at radius 3 is 2.50 bits per heavy atom. The van der Waals surface area contributed by atoms with Crippen molar-refractivity contribution in [3.05, 3.63) is 85.3 Å². The van der Waals surface area contributed by atoms with Crippen molar-refractivity contribution in [3.8, 4) is 0 Å². The second-order valence-corrected chi connectivity index (χ2v) is 8.08. The largest absolute Gasteiger partial charge is 0.455 e. The molecule has 10 heteroatoms. The summed E-state index contributed by atoms with van der Waals surface area (Å²) in [5.41, 5.74) is 6.34. The molecule has 0 radical (unpaired) electrons. The minimum absolute atomic E-state index is 0.00599. The molecule has 164 valence electrons. The number of nitro groups is 1. The van der Waals surface area contributed by atoms with Gasteiger partial charge in [0.2, 0.25) is 0 Å². The number of benzene rings is 2. The van der Waals surface area contributed by atoms with Gasteiger partial charge < -0.3 is 9.73 Å². The van der Waals surface area contributed by atoms with Gasteiger partial charge in [0.15, 0.2) is 5.76 Å². The number of rotatable bonds is 5. The third-order valence-electron chi connectivity index (χ3n) is 5.11. The molecule has 1 aliphatic carbocycles. The summed E-state index contributed by atoms with van der Waals surface area (Å²) in [4.78, 5) is 23.2. The van der Waals surface area contributed by atoms with Gasteiger partial charge in [0, 0.05) is 35.4 Å². The summed E-state index contributed by atoms with van der Waals surface area (Å²) in [6.07, 6.45) is 2.24. The number of furan rings is 1. The highest BCUT2D eigenvalue weighted by Gasteiger charge is 2.28. The van der Waals surface area contributed by atoms with Gasteiger partial charge in [0.1, 0.15) is 5.76 Å². The Hall–Kier alpha value is -3.36. The summed E-state index contributed by atoms with van der Waals surface area (Å²) in [5.74, 6) is 0.529. The van der Waals surface area contributed by atoms with Gasteiger partial charge in [0.05, 0.1) is 26.4 Å². The lowest BCUT2D eigenvalue weighted by atomic mass is 9.93. The summed E-state index contributed by atoms with van der Waals surface area (Å²) in [7, 11) is 0. The van der Waals surface area contributed by atoms with Crippen LogP contribution in [0.3, 0.4) is 0 Å². The molecule has 32 heavy (non-hydrogen) atoms. The Morgan fingerprint density at radius 2 is 1.81 bits per heavy atom. The van der Waals surface area contributed by atoms with Gasteiger partial charge in [-0.3, -0.25) is 20.3 Å². The second-order valence-electron chi connectivity index (χ2n) is 7.27. The number of carbonyl (C=O) groups excluding carboxylic acids is 1. The van der Waals surface area contributed by atoms with Crippen LogP contribution in [0.5, 0.6) is 0 Å². The van der Waals surface area contributed by atoms with Crippen LogP contribution in [0.25, 0.3) is 0 Å².